The molecule has 3 aliphatic rings. The van der Waals surface area contributed by atoms with Gasteiger partial charge in [0.05, 0.1) is 0 Å². The van der Waals surface area contributed by atoms with Crippen molar-refractivity contribution >= 4 is 23.4 Å². The molecule has 31 heavy (non-hydrogen) atoms. The molecule has 3 amide bonds. The highest BCUT2D eigenvalue weighted by Gasteiger charge is 2.61. The van der Waals surface area contributed by atoms with Crippen molar-refractivity contribution in [2.45, 2.75) is 37.6 Å². The van der Waals surface area contributed by atoms with Crippen molar-refractivity contribution in [1.82, 2.24) is 19.4 Å². The van der Waals surface area contributed by atoms with Crippen LogP contribution in [-0.4, -0.2) is 56.7 Å². The van der Waals surface area contributed by atoms with Crippen LogP contribution in [-0.2, 0) is 26.8 Å². The Kier molecular flexibility index (Phi) is 4.60. The number of hydrogen-bond acceptors (Lipinski definition) is 4. The summed E-state index contributed by atoms with van der Waals surface area (Å²) in [6, 6.07) is 7.30. The van der Waals surface area contributed by atoms with Crippen LogP contribution in [0.3, 0.4) is 0 Å². The average molecular weight is 422 g/mol. The number of likely N-dealkylation sites (tertiary alicyclic amines) is 2. The average Bonchev–Trinajstić information content (AvgIpc) is 3.44. The lowest BCUT2D eigenvalue weighted by Gasteiger charge is -2.37. The molecule has 162 valence electrons. The molecule has 1 aromatic carbocycles. The van der Waals surface area contributed by atoms with Gasteiger partial charge in [-0.25, -0.2) is 4.98 Å². The molecule has 0 saturated carbocycles. The Hall–Kier alpha value is -3.16. The van der Waals surface area contributed by atoms with Gasteiger partial charge in [0.25, 0.3) is 0 Å². The van der Waals surface area contributed by atoms with Gasteiger partial charge in [-0.3, -0.25) is 14.4 Å². The van der Waals surface area contributed by atoms with E-state index in [2.05, 4.69) is 10.3 Å². The van der Waals surface area contributed by atoms with E-state index in [9.17, 15) is 14.4 Å². The van der Waals surface area contributed by atoms with Crippen LogP contribution in [0.1, 0.15) is 43.6 Å². The topological polar surface area (TPSA) is 87.5 Å². The van der Waals surface area contributed by atoms with Crippen LogP contribution in [0.5, 0.6) is 0 Å². The summed E-state index contributed by atoms with van der Waals surface area (Å²) in [4.78, 5) is 47.0. The van der Waals surface area contributed by atoms with Crippen molar-refractivity contribution in [3.63, 3.8) is 0 Å². The van der Waals surface area contributed by atoms with Crippen LogP contribution in [0.4, 0.5) is 5.69 Å². The minimum Gasteiger partial charge on any atom is -0.343 e. The third-order valence-electron chi connectivity index (χ3n) is 7.26. The van der Waals surface area contributed by atoms with Gasteiger partial charge in [-0.2, -0.15) is 0 Å². The fraction of sp³-hybridized carbons (Fsp3) is 0.478. The zero-order valence-corrected chi connectivity index (χ0v) is 17.9. The van der Waals surface area contributed by atoms with E-state index in [0.717, 1.165) is 17.1 Å². The normalized spacial score (nSPS) is 25.7. The number of benzene rings is 1. The van der Waals surface area contributed by atoms with E-state index in [1.165, 1.54) is 0 Å². The highest BCUT2D eigenvalue weighted by atomic mass is 16.2. The van der Waals surface area contributed by atoms with Crippen LogP contribution < -0.4 is 5.32 Å². The zero-order valence-electron chi connectivity index (χ0n) is 17.9. The molecule has 2 fully saturated rings. The smallest absolute Gasteiger partial charge is 0.237 e. The molecular weight excluding hydrogens is 394 g/mol. The van der Waals surface area contributed by atoms with E-state index in [1.807, 2.05) is 47.0 Å². The van der Waals surface area contributed by atoms with E-state index in [0.29, 0.717) is 38.9 Å². The fourth-order valence-corrected chi connectivity index (χ4v) is 5.60. The van der Waals surface area contributed by atoms with Gasteiger partial charge in [-0.05, 0) is 30.9 Å². The Labute approximate surface area is 181 Å². The molecule has 2 aromatic rings. The summed E-state index contributed by atoms with van der Waals surface area (Å²) in [6.07, 6.45) is 5.43. The van der Waals surface area contributed by atoms with Crippen LogP contribution in [0.15, 0.2) is 36.7 Å². The van der Waals surface area contributed by atoms with E-state index in [4.69, 9.17) is 0 Å². The lowest BCUT2D eigenvalue weighted by Crippen LogP contribution is -2.47. The summed E-state index contributed by atoms with van der Waals surface area (Å²) < 4.78 is 1.91. The maximum Gasteiger partial charge on any atom is 0.237 e. The van der Waals surface area contributed by atoms with Crippen LogP contribution in [0, 0.1) is 5.92 Å². The second-order valence-electron chi connectivity index (χ2n) is 8.83. The van der Waals surface area contributed by atoms with E-state index >= 15 is 0 Å². The van der Waals surface area contributed by atoms with Crippen molar-refractivity contribution in [2.75, 3.05) is 25.0 Å². The summed E-state index contributed by atoms with van der Waals surface area (Å²) in [5.74, 6) is 0.622. The molecule has 1 aromatic heterocycles. The van der Waals surface area contributed by atoms with Gasteiger partial charge in [-0.1, -0.05) is 18.2 Å². The number of carbonyl (C=O) groups excluding carboxylic acids is 3. The molecule has 1 N–H and O–H groups in total. The molecule has 1 spiro atoms. The first kappa shape index (κ1) is 19.8. The quantitative estimate of drug-likeness (QED) is 0.802. The first-order valence-electron chi connectivity index (χ1n) is 10.9. The van der Waals surface area contributed by atoms with Crippen molar-refractivity contribution in [2.24, 2.45) is 13.0 Å². The molecule has 4 heterocycles. The number of nitrogens with zero attached hydrogens (tertiary/aromatic N) is 4. The Balaban J connectivity index is 1.52. The zero-order chi connectivity index (χ0) is 21.8. The molecule has 0 unspecified atom stereocenters. The molecule has 0 radical (unpaired) electrons. The number of carbonyl (C=O) groups is 3. The lowest BCUT2D eigenvalue weighted by molar-refractivity contribution is -0.142. The summed E-state index contributed by atoms with van der Waals surface area (Å²) >= 11 is 0. The number of aryl methyl sites for hydroxylation is 1. The molecule has 3 aliphatic heterocycles. The second kappa shape index (κ2) is 7.21. The third kappa shape index (κ3) is 2.88. The Morgan fingerprint density at radius 3 is 2.58 bits per heavy atom. The first-order chi connectivity index (χ1) is 14.9. The maximum atomic E-state index is 13.7. The van der Waals surface area contributed by atoms with Crippen LogP contribution in [0.25, 0.3) is 0 Å². The van der Waals surface area contributed by atoms with Gasteiger partial charge in [0.2, 0.25) is 17.7 Å². The van der Waals surface area contributed by atoms with Gasteiger partial charge in [0.1, 0.15) is 17.3 Å². The summed E-state index contributed by atoms with van der Waals surface area (Å²) in [6.45, 7) is 3.27. The highest BCUT2D eigenvalue weighted by Crippen LogP contribution is 2.54. The number of fused-ring (bicyclic) bond motifs is 2. The SMILES string of the molecule is CC(=O)N1CCC(C(=O)N2CC[C@]3(C(=O)Nc4ccccc43)[C@@H]2c2nccn2C)CC1. The van der Waals surface area contributed by atoms with Gasteiger partial charge >= 0.3 is 0 Å². The molecule has 0 bridgehead atoms. The number of aromatic nitrogens is 2. The van der Waals surface area contributed by atoms with Crippen LogP contribution in [0.2, 0.25) is 0 Å². The van der Waals surface area contributed by atoms with E-state index < -0.39 is 11.5 Å². The number of amides is 3. The number of anilines is 1. The minimum absolute atomic E-state index is 0.0520. The Morgan fingerprint density at radius 1 is 1.16 bits per heavy atom. The lowest BCUT2D eigenvalue weighted by atomic mass is 9.74. The standard InChI is InChI=1S/C23H27N5O3/c1-15(29)27-11-7-16(8-12-27)21(30)28-13-9-23(19(28)20-24-10-14-26(20)2)17-5-3-4-6-18(17)25-22(23)31/h3-6,10,14,16,19H,7-9,11-13H2,1-2H3,(H,25,31)/t19-,23+/m0/s1. The Morgan fingerprint density at radius 2 is 1.90 bits per heavy atom. The van der Waals surface area contributed by atoms with Crippen molar-refractivity contribution < 1.29 is 14.4 Å². The predicted molar refractivity (Wildman–Crippen MR) is 114 cm³/mol. The minimum atomic E-state index is -0.842. The fourth-order valence-electron chi connectivity index (χ4n) is 5.60. The molecule has 5 rings (SSSR count). The summed E-state index contributed by atoms with van der Waals surface area (Å²) in [5, 5.41) is 3.04. The van der Waals surface area contributed by atoms with Gasteiger partial charge < -0.3 is 19.7 Å². The molecule has 2 atom stereocenters. The van der Waals surface area contributed by atoms with Crippen molar-refractivity contribution in [1.29, 1.82) is 0 Å². The van der Waals surface area contributed by atoms with Gasteiger partial charge in [-0.15, -0.1) is 0 Å². The molecule has 8 nitrogen and oxygen atoms in total. The van der Waals surface area contributed by atoms with Crippen LogP contribution >= 0.6 is 0 Å². The number of hydrogen-bond donors (Lipinski definition) is 1. The monoisotopic (exact) mass is 421 g/mol. The number of rotatable bonds is 2. The van der Waals surface area contributed by atoms with E-state index in [1.54, 1.807) is 18.0 Å². The summed E-state index contributed by atoms with van der Waals surface area (Å²) in [7, 11) is 1.90. The molecular formula is C23H27N5O3. The number of imidazole rings is 1. The van der Waals surface area contributed by atoms with Crippen molar-refractivity contribution in [3.8, 4) is 0 Å². The second-order valence-corrected chi connectivity index (χ2v) is 8.83. The van der Waals surface area contributed by atoms with Gasteiger partial charge in [0.15, 0.2) is 0 Å². The van der Waals surface area contributed by atoms with Crippen molar-refractivity contribution in [3.05, 3.63) is 48.0 Å². The maximum absolute atomic E-state index is 13.7. The highest BCUT2D eigenvalue weighted by molar-refractivity contribution is 6.07. The number of para-hydroxylation sites is 1. The van der Waals surface area contributed by atoms with E-state index in [-0.39, 0.29) is 23.6 Å². The number of nitrogens with one attached hydrogen (secondary N) is 1. The molecule has 2 saturated heterocycles. The first-order valence-corrected chi connectivity index (χ1v) is 10.9. The summed E-state index contributed by atoms with van der Waals surface area (Å²) in [5.41, 5.74) is 0.913. The largest absolute Gasteiger partial charge is 0.343 e. The molecule has 0 aliphatic carbocycles. The third-order valence-corrected chi connectivity index (χ3v) is 7.26. The van der Waals surface area contributed by atoms with Gasteiger partial charge in [0, 0.05) is 57.6 Å². The Bertz CT molecular complexity index is 1050. The molecule has 8 heteroatoms. The number of piperidine rings is 1. The predicted octanol–water partition coefficient (Wildman–Crippen LogP) is 1.84.